The molecule has 176 valence electrons. The van der Waals surface area contributed by atoms with E-state index in [1.807, 2.05) is 67.0 Å². The van der Waals surface area contributed by atoms with Crippen molar-refractivity contribution < 1.29 is 19.7 Å². The summed E-state index contributed by atoms with van der Waals surface area (Å²) in [6.07, 6.45) is 7.65. The van der Waals surface area contributed by atoms with Gasteiger partial charge in [-0.3, -0.25) is 0 Å². The molecule has 0 saturated heterocycles. The van der Waals surface area contributed by atoms with E-state index in [0.717, 1.165) is 23.1 Å². The molecule has 6 heteroatoms. The maximum Gasteiger partial charge on any atom is 0.159 e. The van der Waals surface area contributed by atoms with Gasteiger partial charge in [-0.05, 0) is 48.2 Å². The van der Waals surface area contributed by atoms with Crippen molar-refractivity contribution in [2.45, 2.75) is 57.8 Å². The fourth-order valence-corrected chi connectivity index (χ4v) is 3.36. The zero-order chi connectivity index (χ0) is 23.3. The second-order valence-electron chi connectivity index (χ2n) is 8.20. The molecule has 0 fully saturated rings. The van der Waals surface area contributed by atoms with Crippen molar-refractivity contribution in [3.63, 3.8) is 0 Å². The summed E-state index contributed by atoms with van der Waals surface area (Å²) in [5.41, 5.74) is 3.08. The lowest BCUT2D eigenvalue weighted by atomic mass is 10.1. The van der Waals surface area contributed by atoms with Gasteiger partial charge < -0.3 is 19.7 Å². The van der Waals surface area contributed by atoms with Gasteiger partial charge in [-0.2, -0.15) is 0 Å². The lowest BCUT2D eigenvalue weighted by Crippen LogP contribution is -2.35. The number of hydrogen-bond donors (Lipinski definition) is 2. The molecule has 1 heterocycles. The van der Waals surface area contributed by atoms with Crippen molar-refractivity contribution in [2.24, 2.45) is 0 Å². The summed E-state index contributed by atoms with van der Waals surface area (Å²) in [5.74, 6) is 1.27. The molecule has 0 aliphatic heterocycles. The molecule has 0 saturated carbocycles. The summed E-state index contributed by atoms with van der Waals surface area (Å²) < 4.78 is 11.1. The van der Waals surface area contributed by atoms with Crippen molar-refractivity contribution in [1.82, 2.24) is 9.97 Å². The number of aliphatic hydroxyl groups excluding tert-OH is 2. The van der Waals surface area contributed by atoms with Crippen LogP contribution < -0.4 is 4.74 Å². The number of aryl methyl sites for hydroxylation is 1. The molecule has 0 radical (unpaired) electrons. The minimum atomic E-state index is -1.05. The number of aliphatic hydroxyl groups is 2. The van der Waals surface area contributed by atoms with Crippen molar-refractivity contribution in [3.8, 4) is 17.1 Å². The molecule has 0 spiro atoms. The third-order valence-corrected chi connectivity index (χ3v) is 5.40. The highest BCUT2D eigenvalue weighted by Crippen LogP contribution is 2.20. The van der Waals surface area contributed by atoms with Crippen LogP contribution in [-0.2, 0) is 17.8 Å². The standard InChI is InChI=1S/C27H34N2O4/c1-2-3-4-6-11-22-16-28-27(29-17-22)23-12-14-24(15-13-23)33-20-26(31)25(30)19-32-18-21-9-7-5-8-10-21/h5,7-10,12-17,25-26,30-31H,2-4,6,11,18-20H2,1H3/t25-,26-/m0/s1. The highest BCUT2D eigenvalue weighted by atomic mass is 16.5. The van der Waals surface area contributed by atoms with E-state index < -0.39 is 12.2 Å². The van der Waals surface area contributed by atoms with Gasteiger partial charge in [0.05, 0.1) is 13.2 Å². The van der Waals surface area contributed by atoms with Crippen molar-refractivity contribution in [2.75, 3.05) is 13.2 Å². The molecular formula is C27H34N2O4. The van der Waals surface area contributed by atoms with Crippen LogP contribution in [0, 0.1) is 0 Å². The summed E-state index contributed by atoms with van der Waals surface area (Å²) in [6.45, 7) is 2.60. The first-order chi connectivity index (χ1) is 16.2. The van der Waals surface area contributed by atoms with E-state index in [2.05, 4.69) is 16.9 Å². The highest BCUT2D eigenvalue weighted by Gasteiger charge is 2.17. The number of ether oxygens (including phenoxy) is 2. The maximum absolute atomic E-state index is 10.2. The van der Waals surface area contributed by atoms with Gasteiger partial charge in [0.1, 0.15) is 24.6 Å². The summed E-state index contributed by atoms with van der Waals surface area (Å²) in [5, 5.41) is 20.2. The molecule has 3 aromatic rings. The Balaban J connectivity index is 1.40. The van der Waals surface area contributed by atoms with Crippen LogP contribution >= 0.6 is 0 Å². The Morgan fingerprint density at radius 2 is 1.48 bits per heavy atom. The molecule has 0 aliphatic rings. The monoisotopic (exact) mass is 450 g/mol. The third-order valence-electron chi connectivity index (χ3n) is 5.40. The molecule has 1 aromatic heterocycles. The van der Waals surface area contributed by atoms with Crippen molar-refractivity contribution in [3.05, 3.63) is 78.1 Å². The van der Waals surface area contributed by atoms with Gasteiger partial charge in [-0.15, -0.1) is 0 Å². The van der Waals surface area contributed by atoms with Gasteiger partial charge in [0, 0.05) is 18.0 Å². The topological polar surface area (TPSA) is 84.7 Å². The normalized spacial score (nSPS) is 12.9. The van der Waals surface area contributed by atoms with Gasteiger partial charge >= 0.3 is 0 Å². The first kappa shape index (κ1) is 24.8. The lowest BCUT2D eigenvalue weighted by molar-refractivity contribution is -0.0564. The molecule has 0 aliphatic carbocycles. The number of hydrogen-bond acceptors (Lipinski definition) is 6. The second kappa shape index (κ2) is 13.7. The van der Waals surface area contributed by atoms with Crippen LogP contribution in [0.5, 0.6) is 5.75 Å². The van der Waals surface area contributed by atoms with Crippen LogP contribution in [0.4, 0.5) is 0 Å². The van der Waals surface area contributed by atoms with E-state index >= 15 is 0 Å². The SMILES string of the molecule is CCCCCCc1cnc(-c2ccc(OC[C@H](O)[C@@H](O)COCc3ccccc3)cc2)nc1. The van der Waals surface area contributed by atoms with Crippen LogP contribution in [0.2, 0.25) is 0 Å². The van der Waals surface area contributed by atoms with Crippen LogP contribution in [0.15, 0.2) is 67.0 Å². The molecule has 0 unspecified atom stereocenters. The first-order valence-corrected chi connectivity index (χ1v) is 11.7. The van der Waals surface area contributed by atoms with Crippen LogP contribution in [0.1, 0.15) is 43.7 Å². The Morgan fingerprint density at radius 3 is 2.18 bits per heavy atom. The summed E-state index contributed by atoms with van der Waals surface area (Å²) in [7, 11) is 0. The first-order valence-electron chi connectivity index (χ1n) is 11.7. The van der Waals surface area contributed by atoms with E-state index in [4.69, 9.17) is 9.47 Å². The molecule has 3 rings (SSSR count). The van der Waals surface area contributed by atoms with E-state index in [1.54, 1.807) is 0 Å². The molecular weight excluding hydrogens is 416 g/mol. The van der Waals surface area contributed by atoms with E-state index in [-0.39, 0.29) is 13.2 Å². The minimum Gasteiger partial charge on any atom is -0.491 e. The van der Waals surface area contributed by atoms with Crippen LogP contribution in [0.25, 0.3) is 11.4 Å². The summed E-state index contributed by atoms with van der Waals surface area (Å²) >= 11 is 0. The predicted octanol–water partition coefficient (Wildman–Crippen LogP) is 4.58. The number of benzene rings is 2. The molecule has 2 N–H and O–H groups in total. The largest absolute Gasteiger partial charge is 0.491 e. The maximum atomic E-state index is 10.2. The van der Waals surface area contributed by atoms with E-state index in [0.29, 0.717) is 18.2 Å². The molecule has 2 atom stereocenters. The van der Waals surface area contributed by atoms with E-state index in [9.17, 15) is 10.2 Å². The van der Waals surface area contributed by atoms with Gasteiger partial charge in [0.15, 0.2) is 5.82 Å². The Bertz CT molecular complexity index is 917. The van der Waals surface area contributed by atoms with Crippen LogP contribution in [-0.4, -0.2) is 45.6 Å². The number of aromatic nitrogens is 2. The van der Waals surface area contributed by atoms with E-state index in [1.165, 1.54) is 25.7 Å². The Kier molecular flexibility index (Phi) is 10.3. The number of rotatable bonds is 14. The predicted molar refractivity (Wildman–Crippen MR) is 129 cm³/mol. The number of nitrogens with zero attached hydrogens (tertiary/aromatic N) is 2. The molecule has 6 nitrogen and oxygen atoms in total. The smallest absolute Gasteiger partial charge is 0.159 e. The van der Waals surface area contributed by atoms with Gasteiger partial charge in [0.25, 0.3) is 0 Å². The molecule has 0 amide bonds. The second-order valence-corrected chi connectivity index (χ2v) is 8.20. The van der Waals surface area contributed by atoms with Gasteiger partial charge in [-0.25, -0.2) is 9.97 Å². The van der Waals surface area contributed by atoms with Gasteiger partial charge in [-0.1, -0.05) is 56.5 Å². The fourth-order valence-electron chi connectivity index (χ4n) is 3.36. The molecule has 33 heavy (non-hydrogen) atoms. The average Bonchev–Trinajstić information content (AvgIpc) is 2.86. The average molecular weight is 451 g/mol. The number of unbranched alkanes of at least 4 members (excludes halogenated alkanes) is 3. The van der Waals surface area contributed by atoms with Gasteiger partial charge in [0.2, 0.25) is 0 Å². The Hall–Kier alpha value is -2.80. The Labute approximate surface area is 196 Å². The fraction of sp³-hybridized carbons (Fsp3) is 0.407. The third kappa shape index (κ3) is 8.57. The zero-order valence-electron chi connectivity index (χ0n) is 19.3. The van der Waals surface area contributed by atoms with Crippen molar-refractivity contribution >= 4 is 0 Å². The van der Waals surface area contributed by atoms with Crippen molar-refractivity contribution in [1.29, 1.82) is 0 Å². The molecule has 2 aromatic carbocycles. The summed E-state index contributed by atoms with van der Waals surface area (Å²) in [6, 6.07) is 17.1. The highest BCUT2D eigenvalue weighted by molar-refractivity contribution is 5.55. The zero-order valence-corrected chi connectivity index (χ0v) is 19.3. The Morgan fingerprint density at radius 1 is 0.788 bits per heavy atom. The van der Waals surface area contributed by atoms with Crippen LogP contribution in [0.3, 0.4) is 0 Å². The lowest BCUT2D eigenvalue weighted by Gasteiger charge is -2.18. The summed E-state index contributed by atoms with van der Waals surface area (Å²) in [4.78, 5) is 8.97. The minimum absolute atomic E-state index is 0.0293. The quantitative estimate of drug-likeness (QED) is 0.350. The molecule has 0 bridgehead atoms.